The first-order chi connectivity index (χ1) is 10.9. The van der Waals surface area contributed by atoms with Gasteiger partial charge in [-0.1, -0.05) is 0 Å². The summed E-state index contributed by atoms with van der Waals surface area (Å²) in [5.41, 5.74) is 0.534. The van der Waals surface area contributed by atoms with E-state index < -0.39 is 6.09 Å². The lowest BCUT2D eigenvalue weighted by Gasteiger charge is -2.38. The molecule has 1 saturated heterocycles. The number of aromatic nitrogens is 1. The van der Waals surface area contributed by atoms with Gasteiger partial charge in [0.05, 0.1) is 18.7 Å². The number of likely N-dealkylation sites (tertiary alicyclic amines) is 1. The maximum Gasteiger partial charge on any atom is 0.407 e. The number of rotatable bonds is 5. The van der Waals surface area contributed by atoms with Crippen LogP contribution in [-0.2, 0) is 4.74 Å². The van der Waals surface area contributed by atoms with Gasteiger partial charge in [-0.15, -0.1) is 0 Å². The van der Waals surface area contributed by atoms with Gasteiger partial charge in [-0.3, -0.25) is 4.79 Å². The van der Waals surface area contributed by atoms with E-state index in [0.29, 0.717) is 24.5 Å². The summed E-state index contributed by atoms with van der Waals surface area (Å²) < 4.78 is 5.23. The van der Waals surface area contributed by atoms with Crippen molar-refractivity contribution in [1.82, 2.24) is 15.2 Å². The zero-order valence-corrected chi connectivity index (χ0v) is 14.0. The fraction of sp³-hybridized carbons (Fsp3) is 0.562. The monoisotopic (exact) mass is 320 g/mol. The molecule has 2 amide bonds. The minimum atomic E-state index is -0.444. The fourth-order valence-corrected chi connectivity index (χ4v) is 2.24. The average Bonchev–Trinajstić information content (AvgIpc) is 2.41. The molecule has 0 unspecified atom stereocenters. The van der Waals surface area contributed by atoms with Crippen molar-refractivity contribution in [2.24, 2.45) is 0 Å². The summed E-state index contributed by atoms with van der Waals surface area (Å²) >= 11 is 0. The molecular weight excluding hydrogens is 296 g/mol. The number of ether oxygens (including phenoxy) is 1. The Balaban J connectivity index is 1.91. The van der Waals surface area contributed by atoms with Crippen LogP contribution in [0.3, 0.4) is 0 Å². The molecule has 0 radical (unpaired) electrons. The van der Waals surface area contributed by atoms with Crippen LogP contribution in [0.25, 0.3) is 0 Å². The SMILES string of the molecule is CC(C)NC(=O)OC1CN(C(=O)c2cccnc2NC(C)C)C1. The molecule has 0 aromatic carbocycles. The van der Waals surface area contributed by atoms with E-state index in [1.165, 1.54) is 0 Å². The lowest BCUT2D eigenvalue weighted by atomic mass is 10.1. The van der Waals surface area contributed by atoms with E-state index in [2.05, 4.69) is 15.6 Å². The Hall–Kier alpha value is -2.31. The lowest BCUT2D eigenvalue weighted by molar-refractivity contribution is -0.00698. The van der Waals surface area contributed by atoms with Crippen LogP contribution in [0.1, 0.15) is 38.1 Å². The highest BCUT2D eigenvalue weighted by Gasteiger charge is 2.35. The maximum atomic E-state index is 12.5. The van der Waals surface area contributed by atoms with Gasteiger partial charge in [0.25, 0.3) is 5.91 Å². The first kappa shape index (κ1) is 17.1. The zero-order valence-electron chi connectivity index (χ0n) is 14.0. The van der Waals surface area contributed by atoms with Crippen LogP contribution in [0.2, 0.25) is 0 Å². The van der Waals surface area contributed by atoms with E-state index in [1.54, 1.807) is 23.2 Å². The van der Waals surface area contributed by atoms with E-state index in [9.17, 15) is 9.59 Å². The van der Waals surface area contributed by atoms with Crippen LogP contribution in [0.15, 0.2) is 18.3 Å². The molecule has 1 fully saturated rings. The zero-order chi connectivity index (χ0) is 17.0. The van der Waals surface area contributed by atoms with Crippen molar-refractivity contribution in [1.29, 1.82) is 0 Å². The number of alkyl carbamates (subject to hydrolysis) is 1. The van der Waals surface area contributed by atoms with Gasteiger partial charge in [-0.25, -0.2) is 9.78 Å². The molecule has 0 spiro atoms. The van der Waals surface area contributed by atoms with Crippen molar-refractivity contribution in [3.8, 4) is 0 Å². The van der Waals surface area contributed by atoms with E-state index in [-0.39, 0.29) is 24.1 Å². The quantitative estimate of drug-likeness (QED) is 0.865. The highest BCUT2D eigenvalue weighted by atomic mass is 16.6. The second-order valence-corrected chi connectivity index (χ2v) is 6.24. The molecule has 23 heavy (non-hydrogen) atoms. The van der Waals surface area contributed by atoms with E-state index in [4.69, 9.17) is 4.74 Å². The van der Waals surface area contributed by atoms with Crippen molar-refractivity contribution >= 4 is 17.8 Å². The van der Waals surface area contributed by atoms with Crippen molar-refractivity contribution in [3.05, 3.63) is 23.9 Å². The lowest BCUT2D eigenvalue weighted by Crippen LogP contribution is -2.56. The Morgan fingerprint density at radius 1 is 1.26 bits per heavy atom. The van der Waals surface area contributed by atoms with Gasteiger partial charge in [-0.05, 0) is 39.8 Å². The highest BCUT2D eigenvalue weighted by Crippen LogP contribution is 2.20. The summed E-state index contributed by atoms with van der Waals surface area (Å²) in [5, 5.41) is 5.83. The molecule has 0 bridgehead atoms. The number of nitrogens with one attached hydrogen (secondary N) is 2. The van der Waals surface area contributed by atoms with Gasteiger partial charge in [0.15, 0.2) is 0 Å². The number of hydrogen-bond acceptors (Lipinski definition) is 5. The second kappa shape index (κ2) is 7.30. The molecule has 1 aliphatic rings. The summed E-state index contributed by atoms with van der Waals surface area (Å²) in [4.78, 5) is 29.9. The van der Waals surface area contributed by atoms with Gasteiger partial charge in [0, 0.05) is 18.3 Å². The van der Waals surface area contributed by atoms with Gasteiger partial charge in [-0.2, -0.15) is 0 Å². The molecule has 1 aliphatic heterocycles. The number of carbonyl (C=O) groups is 2. The Kier molecular flexibility index (Phi) is 5.41. The van der Waals surface area contributed by atoms with Crippen molar-refractivity contribution in [2.75, 3.05) is 18.4 Å². The molecule has 2 heterocycles. The molecule has 2 N–H and O–H groups in total. The Bertz CT molecular complexity index is 568. The Morgan fingerprint density at radius 3 is 2.57 bits per heavy atom. The van der Waals surface area contributed by atoms with Gasteiger partial charge in [0.2, 0.25) is 0 Å². The minimum absolute atomic E-state index is 0.0281. The van der Waals surface area contributed by atoms with Crippen LogP contribution >= 0.6 is 0 Å². The normalized spacial score (nSPS) is 14.6. The molecular formula is C16H24N4O3. The molecule has 7 heteroatoms. The van der Waals surface area contributed by atoms with Crippen molar-refractivity contribution in [3.63, 3.8) is 0 Å². The number of nitrogens with zero attached hydrogens (tertiary/aromatic N) is 2. The number of pyridine rings is 1. The third-order valence-corrected chi connectivity index (χ3v) is 3.28. The number of hydrogen-bond donors (Lipinski definition) is 2. The standard InChI is InChI=1S/C16H24N4O3/c1-10(2)18-14-13(6-5-7-17-14)15(21)20-8-12(9-20)23-16(22)19-11(3)4/h5-7,10-12H,8-9H2,1-4H3,(H,17,18)(H,19,22). The van der Waals surface area contributed by atoms with Gasteiger partial charge < -0.3 is 20.3 Å². The molecule has 7 nitrogen and oxygen atoms in total. The summed E-state index contributed by atoms with van der Waals surface area (Å²) in [6, 6.07) is 3.70. The summed E-state index contributed by atoms with van der Waals surface area (Å²) in [6.45, 7) is 8.52. The molecule has 2 rings (SSSR count). The number of anilines is 1. The molecule has 126 valence electrons. The minimum Gasteiger partial charge on any atom is -0.442 e. The van der Waals surface area contributed by atoms with Crippen molar-refractivity contribution < 1.29 is 14.3 Å². The Labute approximate surface area is 136 Å². The third-order valence-electron chi connectivity index (χ3n) is 3.28. The molecule has 0 aliphatic carbocycles. The topological polar surface area (TPSA) is 83.6 Å². The molecule has 1 aromatic rings. The third kappa shape index (κ3) is 4.58. The van der Waals surface area contributed by atoms with E-state index >= 15 is 0 Å². The largest absolute Gasteiger partial charge is 0.442 e. The predicted molar refractivity (Wildman–Crippen MR) is 87.4 cm³/mol. The predicted octanol–water partition coefficient (Wildman–Crippen LogP) is 1.86. The molecule has 0 atom stereocenters. The van der Waals surface area contributed by atoms with Gasteiger partial charge >= 0.3 is 6.09 Å². The number of amides is 2. The molecule has 1 aromatic heterocycles. The highest BCUT2D eigenvalue weighted by molar-refractivity contribution is 5.99. The van der Waals surface area contributed by atoms with E-state index in [0.717, 1.165) is 0 Å². The van der Waals surface area contributed by atoms with Crippen LogP contribution in [0, 0.1) is 0 Å². The van der Waals surface area contributed by atoms with Crippen LogP contribution in [0.5, 0.6) is 0 Å². The first-order valence-electron chi connectivity index (χ1n) is 7.84. The summed E-state index contributed by atoms with van der Waals surface area (Å²) in [5.74, 6) is 0.472. The molecule has 0 saturated carbocycles. The Morgan fingerprint density at radius 2 is 1.96 bits per heavy atom. The first-order valence-corrected chi connectivity index (χ1v) is 7.84. The van der Waals surface area contributed by atoms with Crippen LogP contribution < -0.4 is 10.6 Å². The average molecular weight is 320 g/mol. The summed E-state index contributed by atoms with van der Waals surface area (Å²) in [6.07, 6.45) is 0.955. The van der Waals surface area contributed by atoms with Crippen molar-refractivity contribution in [2.45, 2.75) is 45.9 Å². The van der Waals surface area contributed by atoms with Crippen LogP contribution in [0.4, 0.5) is 10.6 Å². The van der Waals surface area contributed by atoms with E-state index in [1.807, 2.05) is 27.7 Å². The fourth-order valence-electron chi connectivity index (χ4n) is 2.24. The second-order valence-electron chi connectivity index (χ2n) is 6.24. The van der Waals surface area contributed by atoms with Crippen LogP contribution in [-0.4, -0.2) is 53.2 Å². The smallest absolute Gasteiger partial charge is 0.407 e. The number of carbonyl (C=O) groups excluding carboxylic acids is 2. The maximum absolute atomic E-state index is 12.5. The van der Waals surface area contributed by atoms with Gasteiger partial charge in [0.1, 0.15) is 11.9 Å². The summed E-state index contributed by atoms with van der Waals surface area (Å²) in [7, 11) is 0.